The number of sulfonamides is 1. The van der Waals surface area contributed by atoms with Crippen LogP contribution in [0.1, 0.15) is 56.8 Å². The summed E-state index contributed by atoms with van der Waals surface area (Å²) in [5.41, 5.74) is 1.10. The second-order valence-corrected chi connectivity index (χ2v) is 10.7. The number of carbonyl (C=O) groups excluding carboxylic acids is 2. The van der Waals surface area contributed by atoms with Gasteiger partial charge in [-0.1, -0.05) is 20.8 Å². The molecule has 0 unspecified atom stereocenters. The molecule has 0 N–H and O–H groups in total. The van der Waals surface area contributed by atoms with Crippen molar-refractivity contribution in [1.29, 1.82) is 0 Å². The summed E-state index contributed by atoms with van der Waals surface area (Å²) in [7, 11) is -1.91. The summed E-state index contributed by atoms with van der Waals surface area (Å²) in [6.07, 6.45) is 4.74. The van der Waals surface area contributed by atoms with Crippen molar-refractivity contribution in [3.8, 4) is 0 Å². The number of hydrogen-bond donors (Lipinski definition) is 0. The summed E-state index contributed by atoms with van der Waals surface area (Å²) in [6, 6.07) is 6.21. The summed E-state index contributed by atoms with van der Waals surface area (Å²) in [5.74, 6) is -0.113. The molecule has 0 spiro atoms. The van der Waals surface area contributed by atoms with Crippen LogP contribution in [0.15, 0.2) is 24.3 Å². The molecule has 0 amide bonds. The highest BCUT2D eigenvalue weighted by Crippen LogP contribution is 2.40. The molecule has 1 aromatic rings. The fourth-order valence-corrected chi connectivity index (χ4v) is 4.09. The fourth-order valence-electron chi connectivity index (χ4n) is 3.58. The standard InChI is InChI=1S/C21H31NO5S/c1-21(2,3)17-10-6-16(7-11-17)20(24)27-14-19(23)15-8-12-18(13-9-15)22(4)28(5,25)26/h8-9,12-13,16-17H,6-7,10-11,14H2,1-5H3. The van der Waals surface area contributed by atoms with E-state index in [1.54, 1.807) is 24.3 Å². The van der Waals surface area contributed by atoms with Crippen molar-refractivity contribution in [1.82, 2.24) is 0 Å². The Kier molecular flexibility index (Phi) is 6.91. The number of Topliss-reactive ketones (excluding diaryl/α,β-unsaturated/α-hetero) is 1. The number of benzene rings is 1. The van der Waals surface area contributed by atoms with E-state index in [0.717, 1.165) is 36.2 Å². The maximum atomic E-state index is 12.3. The monoisotopic (exact) mass is 409 g/mol. The minimum Gasteiger partial charge on any atom is -0.457 e. The van der Waals surface area contributed by atoms with E-state index in [-0.39, 0.29) is 29.7 Å². The topological polar surface area (TPSA) is 80.8 Å². The quantitative estimate of drug-likeness (QED) is 0.529. The molecule has 1 aliphatic rings. The molecule has 0 heterocycles. The first-order valence-corrected chi connectivity index (χ1v) is 11.5. The van der Waals surface area contributed by atoms with Gasteiger partial charge in [-0.15, -0.1) is 0 Å². The van der Waals surface area contributed by atoms with Crippen LogP contribution < -0.4 is 4.31 Å². The van der Waals surface area contributed by atoms with Crippen LogP contribution in [-0.4, -0.2) is 40.1 Å². The Morgan fingerprint density at radius 3 is 2.07 bits per heavy atom. The lowest BCUT2D eigenvalue weighted by Crippen LogP contribution is -2.30. The average Bonchev–Trinajstić information content (AvgIpc) is 2.64. The smallest absolute Gasteiger partial charge is 0.309 e. The number of esters is 1. The normalized spacial score (nSPS) is 20.5. The maximum Gasteiger partial charge on any atom is 0.309 e. The number of ether oxygens (including phenoxy) is 1. The van der Waals surface area contributed by atoms with Crippen molar-refractivity contribution in [2.45, 2.75) is 46.5 Å². The van der Waals surface area contributed by atoms with Gasteiger partial charge in [0.25, 0.3) is 0 Å². The van der Waals surface area contributed by atoms with E-state index in [2.05, 4.69) is 20.8 Å². The highest BCUT2D eigenvalue weighted by atomic mass is 32.2. The number of hydrogen-bond acceptors (Lipinski definition) is 5. The molecule has 7 heteroatoms. The minimum absolute atomic E-state index is 0.128. The Hall–Kier alpha value is -1.89. The van der Waals surface area contributed by atoms with Gasteiger partial charge in [0, 0.05) is 12.6 Å². The minimum atomic E-state index is -3.36. The predicted molar refractivity (Wildman–Crippen MR) is 110 cm³/mol. The molecule has 1 fully saturated rings. The van der Waals surface area contributed by atoms with Gasteiger partial charge in [0.15, 0.2) is 12.4 Å². The molecule has 1 aliphatic carbocycles. The van der Waals surface area contributed by atoms with Gasteiger partial charge >= 0.3 is 5.97 Å². The molecule has 0 atom stereocenters. The van der Waals surface area contributed by atoms with Gasteiger partial charge in [-0.3, -0.25) is 13.9 Å². The molecule has 6 nitrogen and oxygen atoms in total. The first-order valence-electron chi connectivity index (χ1n) is 9.63. The Balaban J connectivity index is 1.86. The SMILES string of the molecule is CN(c1ccc(C(=O)COC(=O)C2CCC(C(C)(C)C)CC2)cc1)S(C)(=O)=O. The second kappa shape index (κ2) is 8.64. The van der Waals surface area contributed by atoms with Crippen molar-refractivity contribution in [3.63, 3.8) is 0 Å². The fraction of sp³-hybridized carbons (Fsp3) is 0.619. The second-order valence-electron chi connectivity index (χ2n) is 8.72. The van der Waals surface area contributed by atoms with Crippen LogP contribution in [0.5, 0.6) is 0 Å². The van der Waals surface area contributed by atoms with E-state index in [4.69, 9.17) is 4.74 Å². The average molecular weight is 410 g/mol. The Bertz CT molecular complexity index is 800. The van der Waals surface area contributed by atoms with Crippen molar-refractivity contribution in [2.24, 2.45) is 17.3 Å². The van der Waals surface area contributed by atoms with E-state index in [1.165, 1.54) is 7.05 Å². The Morgan fingerprint density at radius 2 is 1.61 bits per heavy atom. The van der Waals surface area contributed by atoms with Crippen LogP contribution in [-0.2, 0) is 19.6 Å². The van der Waals surface area contributed by atoms with Crippen molar-refractivity contribution in [2.75, 3.05) is 24.2 Å². The van der Waals surface area contributed by atoms with E-state index >= 15 is 0 Å². The number of carbonyl (C=O) groups is 2. The molecule has 0 aromatic heterocycles. The van der Waals surface area contributed by atoms with Crippen LogP contribution in [0, 0.1) is 17.3 Å². The highest BCUT2D eigenvalue weighted by molar-refractivity contribution is 7.92. The summed E-state index contributed by atoms with van der Waals surface area (Å²) in [6.45, 7) is 6.40. The third kappa shape index (κ3) is 5.80. The van der Waals surface area contributed by atoms with E-state index < -0.39 is 10.0 Å². The molecular formula is C21H31NO5S. The third-order valence-electron chi connectivity index (χ3n) is 5.68. The molecule has 1 aromatic carbocycles. The molecule has 28 heavy (non-hydrogen) atoms. The summed E-state index contributed by atoms with van der Waals surface area (Å²) >= 11 is 0. The lowest BCUT2D eigenvalue weighted by Gasteiger charge is -2.36. The largest absolute Gasteiger partial charge is 0.457 e. The predicted octanol–water partition coefficient (Wildman–Crippen LogP) is 3.66. The van der Waals surface area contributed by atoms with Gasteiger partial charge in [-0.2, -0.15) is 0 Å². The lowest BCUT2D eigenvalue weighted by molar-refractivity contribution is -0.149. The first kappa shape index (κ1) is 22.4. The zero-order valence-corrected chi connectivity index (χ0v) is 18.2. The molecule has 156 valence electrons. The molecule has 0 radical (unpaired) electrons. The van der Waals surface area contributed by atoms with Crippen molar-refractivity contribution < 1.29 is 22.7 Å². The third-order valence-corrected chi connectivity index (χ3v) is 6.89. The van der Waals surface area contributed by atoms with Crippen LogP contribution in [0.25, 0.3) is 0 Å². The Morgan fingerprint density at radius 1 is 1.07 bits per heavy atom. The molecule has 1 saturated carbocycles. The maximum absolute atomic E-state index is 12.3. The summed E-state index contributed by atoms with van der Waals surface area (Å²) in [5, 5.41) is 0. The molecule has 2 rings (SSSR count). The molecule has 0 bridgehead atoms. The van der Waals surface area contributed by atoms with Gasteiger partial charge in [0.05, 0.1) is 17.9 Å². The molecule has 0 aliphatic heterocycles. The molecule has 0 saturated heterocycles. The summed E-state index contributed by atoms with van der Waals surface area (Å²) in [4.78, 5) is 24.6. The lowest BCUT2D eigenvalue weighted by atomic mass is 9.70. The number of ketones is 1. The molecular weight excluding hydrogens is 378 g/mol. The summed E-state index contributed by atoms with van der Waals surface area (Å²) < 4.78 is 29.5. The highest BCUT2D eigenvalue weighted by Gasteiger charge is 2.33. The zero-order chi connectivity index (χ0) is 21.1. The van der Waals surface area contributed by atoms with Crippen LogP contribution in [0.4, 0.5) is 5.69 Å². The van der Waals surface area contributed by atoms with Crippen LogP contribution in [0.2, 0.25) is 0 Å². The number of anilines is 1. The van der Waals surface area contributed by atoms with E-state index in [9.17, 15) is 18.0 Å². The number of rotatable bonds is 6. The van der Waals surface area contributed by atoms with Gasteiger partial charge in [0.2, 0.25) is 10.0 Å². The van der Waals surface area contributed by atoms with Gasteiger partial charge < -0.3 is 4.74 Å². The van der Waals surface area contributed by atoms with Crippen LogP contribution >= 0.6 is 0 Å². The Labute approximate surface area is 168 Å². The van der Waals surface area contributed by atoms with Gasteiger partial charge in [0.1, 0.15) is 0 Å². The number of nitrogens with zero attached hydrogens (tertiary/aromatic N) is 1. The van der Waals surface area contributed by atoms with Crippen molar-refractivity contribution in [3.05, 3.63) is 29.8 Å². The van der Waals surface area contributed by atoms with Crippen LogP contribution in [0.3, 0.4) is 0 Å². The first-order chi connectivity index (χ1) is 12.9. The van der Waals surface area contributed by atoms with E-state index in [1.807, 2.05) is 0 Å². The van der Waals surface area contributed by atoms with Gasteiger partial charge in [-0.05, 0) is 61.3 Å². The zero-order valence-electron chi connectivity index (χ0n) is 17.4. The van der Waals surface area contributed by atoms with Crippen molar-refractivity contribution >= 4 is 27.5 Å². The van der Waals surface area contributed by atoms with Gasteiger partial charge in [-0.25, -0.2) is 8.42 Å². The van der Waals surface area contributed by atoms with E-state index in [0.29, 0.717) is 17.2 Å².